The summed E-state index contributed by atoms with van der Waals surface area (Å²) in [7, 11) is 1.65. The van der Waals surface area contributed by atoms with Gasteiger partial charge in [-0.05, 0) is 42.3 Å². The Labute approximate surface area is 187 Å². The summed E-state index contributed by atoms with van der Waals surface area (Å²) < 4.78 is 5.10. The van der Waals surface area contributed by atoms with E-state index in [1.807, 2.05) is 79.9 Å². The first-order valence-electron chi connectivity index (χ1n) is 10.3. The Morgan fingerprint density at radius 3 is 2.38 bits per heavy atom. The van der Waals surface area contributed by atoms with Gasteiger partial charge in [0.15, 0.2) is 0 Å². The second-order valence-corrected chi connectivity index (χ2v) is 7.40. The molecule has 0 atom stereocenters. The summed E-state index contributed by atoms with van der Waals surface area (Å²) >= 11 is 0. The van der Waals surface area contributed by atoms with E-state index in [1.54, 1.807) is 13.3 Å². The van der Waals surface area contributed by atoms with Gasteiger partial charge >= 0.3 is 0 Å². The highest BCUT2D eigenvalue weighted by Crippen LogP contribution is 2.28. The van der Waals surface area contributed by atoms with E-state index >= 15 is 0 Å². The largest absolute Gasteiger partial charge is 0.380 e. The first-order valence-corrected chi connectivity index (χ1v) is 10.3. The second kappa shape index (κ2) is 9.94. The molecule has 2 aromatic carbocycles. The van der Waals surface area contributed by atoms with Gasteiger partial charge in [0.2, 0.25) is 0 Å². The number of rotatable bonds is 7. The van der Waals surface area contributed by atoms with Crippen molar-refractivity contribution in [3.05, 3.63) is 102 Å². The maximum Gasteiger partial charge on any atom is 0.251 e. The molecule has 6 heteroatoms. The zero-order valence-corrected chi connectivity index (χ0v) is 18.1. The summed E-state index contributed by atoms with van der Waals surface area (Å²) in [5.74, 6) is 0.592. The van der Waals surface area contributed by atoms with Crippen molar-refractivity contribution in [3.63, 3.8) is 0 Å². The van der Waals surface area contributed by atoms with E-state index < -0.39 is 0 Å². The zero-order valence-electron chi connectivity index (χ0n) is 18.1. The number of aryl methyl sites for hydroxylation is 1. The Kier molecular flexibility index (Phi) is 6.63. The molecule has 6 nitrogen and oxygen atoms in total. The molecule has 0 bridgehead atoms. The number of carbonyl (C=O) groups is 1. The summed E-state index contributed by atoms with van der Waals surface area (Å²) in [5.41, 5.74) is 6.18. The molecule has 0 radical (unpaired) electrons. The molecule has 0 aliphatic carbocycles. The predicted octanol–water partition coefficient (Wildman–Crippen LogP) is 4.59. The summed E-state index contributed by atoms with van der Waals surface area (Å²) in [6, 6.07) is 21.2. The number of hydrogen-bond donors (Lipinski definition) is 1. The summed E-state index contributed by atoms with van der Waals surface area (Å²) in [6.45, 7) is 2.84. The number of nitrogens with zero attached hydrogens (tertiary/aromatic N) is 3. The van der Waals surface area contributed by atoms with Crippen LogP contribution in [0.5, 0.6) is 0 Å². The van der Waals surface area contributed by atoms with Gasteiger partial charge in [-0.3, -0.25) is 9.78 Å². The molecule has 0 unspecified atom stereocenters. The minimum absolute atomic E-state index is 0.109. The molecular weight excluding hydrogens is 400 g/mol. The van der Waals surface area contributed by atoms with Crippen molar-refractivity contribution in [2.24, 2.45) is 0 Å². The summed E-state index contributed by atoms with van der Waals surface area (Å²) in [6.07, 6.45) is 3.57. The Balaban J connectivity index is 1.47. The summed E-state index contributed by atoms with van der Waals surface area (Å²) in [5, 5.41) is 2.97. The second-order valence-electron chi connectivity index (χ2n) is 7.40. The molecule has 0 fully saturated rings. The SMILES string of the molecule is COCc1ccc(C(=O)NCc2ccc(-c3nc(C)ncc3-c3ccccn3)cc2)cc1. The van der Waals surface area contributed by atoms with Crippen LogP contribution in [0, 0.1) is 6.92 Å². The fourth-order valence-corrected chi connectivity index (χ4v) is 3.38. The van der Waals surface area contributed by atoms with Crippen LogP contribution >= 0.6 is 0 Å². The normalized spacial score (nSPS) is 10.7. The van der Waals surface area contributed by atoms with Gasteiger partial charge in [0.05, 0.1) is 18.0 Å². The molecule has 160 valence electrons. The van der Waals surface area contributed by atoms with Crippen molar-refractivity contribution in [1.29, 1.82) is 0 Å². The molecule has 1 amide bonds. The molecule has 0 aliphatic rings. The van der Waals surface area contributed by atoms with Crippen molar-refractivity contribution in [2.75, 3.05) is 7.11 Å². The van der Waals surface area contributed by atoms with Crippen molar-refractivity contribution in [3.8, 4) is 22.5 Å². The molecular formula is C26H24N4O2. The maximum atomic E-state index is 12.4. The van der Waals surface area contributed by atoms with E-state index in [4.69, 9.17) is 4.74 Å². The number of hydrogen-bond acceptors (Lipinski definition) is 5. The van der Waals surface area contributed by atoms with E-state index in [2.05, 4.69) is 20.3 Å². The van der Waals surface area contributed by atoms with Gasteiger partial charge in [0.1, 0.15) is 5.82 Å². The Bertz CT molecular complexity index is 1190. The number of ether oxygens (including phenoxy) is 1. The highest BCUT2D eigenvalue weighted by Gasteiger charge is 2.12. The minimum atomic E-state index is -0.109. The highest BCUT2D eigenvalue weighted by molar-refractivity contribution is 5.94. The van der Waals surface area contributed by atoms with Gasteiger partial charge in [-0.1, -0.05) is 42.5 Å². The van der Waals surface area contributed by atoms with Crippen LogP contribution in [0.1, 0.15) is 27.3 Å². The van der Waals surface area contributed by atoms with Crippen LogP contribution in [0.4, 0.5) is 0 Å². The lowest BCUT2D eigenvalue weighted by Gasteiger charge is -2.10. The third kappa shape index (κ3) is 5.04. The van der Waals surface area contributed by atoms with Gasteiger partial charge in [-0.15, -0.1) is 0 Å². The third-order valence-electron chi connectivity index (χ3n) is 5.06. The molecule has 2 aromatic heterocycles. The lowest BCUT2D eigenvalue weighted by molar-refractivity contribution is 0.0951. The monoisotopic (exact) mass is 424 g/mol. The molecule has 0 spiro atoms. The van der Waals surface area contributed by atoms with Crippen molar-refractivity contribution in [2.45, 2.75) is 20.1 Å². The molecule has 1 N–H and O–H groups in total. The van der Waals surface area contributed by atoms with Crippen LogP contribution in [0.2, 0.25) is 0 Å². The van der Waals surface area contributed by atoms with Crippen molar-refractivity contribution in [1.82, 2.24) is 20.3 Å². The summed E-state index contributed by atoms with van der Waals surface area (Å²) in [4.78, 5) is 25.9. The van der Waals surface area contributed by atoms with Crippen LogP contribution in [-0.4, -0.2) is 28.0 Å². The number of amides is 1. The van der Waals surface area contributed by atoms with Crippen LogP contribution in [0.15, 0.2) is 79.1 Å². The Morgan fingerprint density at radius 1 is 0.938 bits per heavy atom. The van der Waals surface area contributed by atoms with E-state index in [0.29, 0.717) is 24.5 Å². The average Bonchev–Trinajstić information content (AvgIpc) is 2.84. The Hall–Kier alpha value is -3.90. The zero-order chi connectivity index (χ0) is 22.3. The number of pyridine rings is 1. The first kappa shape index (κ1) is 21.3. The Morgan fingerprint density at radius 2 is 1.69 bits per heavy atom. The molecule has 32 heavy (non-hydrogen) atoms. The van der Waals surface area contributed by atoms with Gasteiger partial charge in [-0.25, -0.2) is 9.97 Å². The van der Waals surface area contributed by atoms with E-state index in [-0.39, 0.29) is 5.91 Å². The highest BCUT2D eigenvalue weighted by atomic mass is 16.5. The van der Waals surface area contributed by atoms with E-state index in [1.165, 1.54) is 0 Å². The first-order chi connectivity index (χ1) is 15.6. The molecule has 0 saturated carbocycles. The number of aromatic nitrogens is 3. The van der Waals surface area contributed by atoms with Gasteiger partial charge in [-0.2, -0.15) is 0 Å². The predicted molar refractivity (Wildman–Crippen MR) is 124 cm³/mol. The van der Waals surface area contributed by atoms with Gasteiger partial charge in [0.25, 0.3) is 5.91 Å². The minimum Gasteiger partial charge on any atom is -0.380 e. The van der Waals surface area contributed by atoms with E-state index in [9.17, 15) is 4.79 Å². The number of nitrogens with one attached hydrogen (secondary N) is 1. The number of carbonyl (C=O) groups excluding carboxylic acids is 1. The molecule has 4 rings (SSSR count). The molecule has 2 heterocycles. The van der Waals surface area contributed by atoms with Gasteiger partial charge in [0, 0.05) is 42.7 Å². The molecule has 4 aromatic rings. The number of benzene rings is 2. The van der Waals surface area contributed by atoms with Crippen molar-refractivity contribution >= 4 is 5.91 Å². The lowest BCUT2D eigenvalue weighted by Crippen LogP contribution is -2.22. The quantitative estimate of drug-likeness (QED) is 0.470. The fourth-order valence-electron chi connectivity index (χ4n) is 3.38. The van der Waals surface area contributed by atoms with Crippen LogP contribution in [0.3, 0.4) is 0 Å². The average molecular weight is 425 g/mol. The standard InChI is InChI=1S/C26H24N4O2/c1-18-28-16-23(24-5-3-4-14-27-24)25(30-18)21-10-6-19(7-11-21)15-29-26(31)22-12-8-20(9-13-22)17-32-2/h3-14,16H,15,17H2,1-2H3,(H,29,31). The van der Waals surface area contributed by atoms with Gasteiger partial charge < -0.3 is 10.1 Å². The van der Waals surface area contributed by atoms with Crippen LogP contribution < -0.4 is 5.32 Å². The van der Waals surface area contributed by atoms with Crippen molar-refractivity contribution < 1.29 is 9.53 Å². The third-order valence-corrected chi connectivity index (χ3v) is 5.06. The van der Waals surface area contributed by atoms with Crippen LogP contribution in [0.25, 0.3) is 22.5 Å². The number of methoxy groups -OCH3 is 1. The lowest BCUT2D eigenvalue weighted by atomic mass is 10.0. The molecule has 0 aliphatic heterocycles. The topological polar surface area (TPSA) is 77.0 Å². The maximum absolute atomic E-state index is 12.4. The van der Waals surface area contributed by atoms with Crippen LogP contribution in [-0.2, 0) is 17.9 Å². The molecule has 0 saturated heterocycles. The fraction of sp³-hybridized carbons (Fsp3) is 0.154. The van der Waals surface area contributed by atoms with E-state index in [0.717, 1.165) is 33.6 Å². The smallest absolute Gasteiger partial charge is 0.251 e.